The lowest BCUT2D eigenvalue weighted by atomic mass is 10.1. The van der Waals surface area contributed by atoms with Gasteiger partial charge in [-0.25, -0.2) is 5.43 Å². The molecule has 25 heavy (non-hydrogen) atoms. The summed E-state index contributed by atoms with van der Waals surface area (Å²) >= 11 is 0. The van der Waals surface area contributed by atoms with Crippen molar-refractivity contribution < 1.29 is 4.79 Å². The minimum absolute atomic E-state index is 0.322. The average molecular weight is 332 g/mol. The fourth-order valence-corrected chi connectivity index (χ4v) is 2.36. The zero-order valence-corrected chi connectivity index (χ0v) is 14.5. The van der Waals surface area contributed by atoms with Gasteiger partial charge in [0, 0.05) is 5.56 Å². The molecule has 0 radical (unpaired) electrons. The van der Waals surface area contributed by atoms with Gasteiger partial charge in [0.15, 0.2) is 0 Å². The van der Waals surface area contributed by atoms with E-state index in [4.69, 9.17) is 0 Å². The number of nitrogens with zero attached hydrogens (tertiary/aromatic N) is 2. The molecule has 0 aliphatic rings. The average Bonchev–Trinajstić information content (AvgIpc) is 3.11. The Morgan fingerprint density at radius 3 is 2.24 bits per heavy atom. The molecule has 5 heteroatoms. The minimum atomic E-state index is -0.322. The molecule has 2 N–H and O–H groups in total. The Hall–Kier alpha value is -3.21. The summed E-state index contributed by atoms with van der Waals surface area (Å²) in [7, 11) is 0. The van der Waals surface area contributed by atoms with E-state index in [-0.39, 0.29) is 5.91 Å². The van der Waals surface area contributed by atoms with E-state index in [1.54, 1.807) is 6.07 Å². The zero-order valence-electron chi connectivity index (χ0n) is 14.5. The number of nitrogens with one attached hydrogen (secondary N) is 2. The predicted octanol–water partition coefficient (Wildman–Crippen LogP) is 3.85. The second kappa shape index (κ2) is 7.13. The largest absolute Gasteiger partial charge is 0.289 e. The number of rotatable bonds is 4. The van der Waals surface area contributed by atoms with Crippen LogP contribution in [0, 0.1) is 13.8 Å². The Bertz CT molecular complexity index is 906. The Morgan fingerprint density at radius 2 is 1.60 bits per heavy atom. The van der Waals surface area contributed by atoms with Crippen molar-refractivity contribution in [2.75, 3.05) is 0 Å². The lowest BCUT2D eigenvalue weighted by Gasteiger charge is -2.02. The molecule has 0 spiro atoms. The van der Waals surface area contributed by atoms with E-state index in [1.807, 2.05) is 69.3 Å². The molecule has 0 saturated carbocycles. The molecule has 2 aromatic carbocycles. The van der Waals surface area contributed by atoms with Gasteiger partial charge in [0.2, 0.25) is 0 Å². The molecule has 0 aliphatic heterocycles. The van der Waals surface area contributed by atoms with Gasteiger partial charge < -0.3 is 0 Å². The van der Waals surface area contributed by atoms with Crippen molar-refractivity contribution in [3.8, 4) is 11.3 Å². The number of hydrazone groups is 1. The zero-order chi connectivity index (χ0) is 17.8. The summed E-state index contributed by atoms with van der Waals surface area (Å²) in [6.07, 6.45) is 0. The van der Waals surface area contributed by atoms with Crippen LogP contribution in [0.2, 0.25) is 0 Å². The summed E-state index contributed by atoms with van der Waals surface area (Å²) < 4.78 is 0. The maximum Gasteiger partial charge on any atom is 0.289 e. The molecule has 0 saturated heterocycles. The van der Waals surface area contributed by atoms with Crippen LogP contribution in [0.15, 0.2) is 59.7 Å². The third-order valence-electron chi connectivity index (χ3n) is 3.96. The first kappa shape index (κ1) is 16.6. The van der Waals surface area contributed by atoms with Crippen LogP contribution in [-0.4, -0.2) is 21.8 Å². The molecule has 1 heterocycles. The minimum Gasteiger partial charge on any atom is -0.272 e. The second-order valence-electron chi connectivity index (χ2n) is 6.04. The van der Waals surface area contributed by atoms with Gasteiger partial charge in [-0.05, 0) is 32.4 Å². The van der Waals surface area contributed by atoms with E-state index in [1.165, 1.54) is 11.1 Å². The van der Waals surface area contributed by atoms with Crippen LogP contribution in [-0.2, 0) is 0 Å². The Labute approximate surface area is 146 Å². The summed E-state index contributed by atoms with van der Waals surface area (Å²) in [5, 5.41) is 11.1. The van der Waals surface area contributed by atoms with Gasteiger partial charge in [-0.1, -0.05) is 59.7 Å². The first-order valence-electron chi connectivity index (χ1n) is 8.07. The van der Waals surface area contributed by atoms with Gasteiger partial charge in [0.1, 0.15) is 5.69 Å². The van der Waals surface area contributed by atoms with Gasteiger partial charge in [-0.2, -0.15) is 10.2 Å². The molecule has 0 aliphatic carbocycles. The van der Waals surface area contributed by atoms with Crippen molar-refractivity contribution in [1.29, 1.82) is 0 Å². The van der Waals surface area contributed by atoms with E-state index in [0.717, 1.165) is 22.5 Å². The van der Waals surface area contributed by atoms with E-state index in [2.05, 4.69) is 20.7 Å². The summed E-state index contributed by atoms with van der Waals surface area (Å²) in [6, 6.07) is 17.7. The Balaban J connectivity index is 1.70. The van der Waals surface area contributed by atoms with Crippen molar-refractivity contribution in [2.24, 2.45) is 5.10 Å². The van der Waals surface area contributed by atoms with E-state index in [0.29, 0.717) is 5.69 Å². The number of hydrogen-bond donors (Lipinski definition) is 2. The molecule has 5 nitrogen and oxygen atoms in total. The SMILES string of the molecule is C/C(=N/NC(=O)c1cc(-c2ccc(C)cc2)n[nH]1)c1ccc(C)cc1. The van der Waals surface area contributed by atoms with Crippen molar-refractivity contribution in [1.82, 2.24) is 15.6 Å². The van der Waals surface area contributed by atoms with Gasteiger partial charge in [0.05, 0.1) is 11.4 Å². The summed E-state index contributed by atoms with van der Waals surface area (Å²) in [5.74, 6) is -0.322. The van der Waals surface area contributed by atoms with Crippen LogP contribution in [0.3, 0.4) is 0 Å². The molecular weight excluding hydrogens is 312 g/mol. The fraction of sp³-hybridized carbons (Fsp3) is 0.150. The molecule has 1 amide bonds. The number of aryl methyl sites for hydroxylation is 2. The van der Waals surface area contributed by atoms with Gasteiger partial charge in [-0.15, -0.1) is 0 Å². The third kappa shape index (κ3) is 4.01. The third-order valence-corrected chi connectivity index (χ3v) is 3.96. The van der Waals surface area contributed by atoms with Gasteiger partial charge >= 0.3 is 0 Å². The fourth-order valence-electron chi connectivity index (χ4n) is 2.36. The number of benzene rings is 2. The van der Waals surface area contributed by atoms with Crippen LogP contribution < -0.4 is 5.43 Å². The number of carbonyl (C=O) groups is 1. The molecule has 0 atom stereocenters. The maximum absolute atomic E-state index is 12.2. The number of H-pyrrole nitrogens is 1. The standard InChI is InChI=1S/C20H20N4O/c1-13-4-8-16(9-5-13)15(3)21-24-20(25)19-12-18(22-23-19)17-10-6-14(2)7-11-17/h4-12H,1-3H3,(H,22,23)(H,24,25)/b21-15-. The molecular formula is C20H20N4O. The topological polar surface area (TPSA) is 70.1 Å². The van der Waals surface area contributed by atoms with Crippen LogP contribution in [0.1, 0.15) is 34.1 Å². The molecule has 0 fully saturated rings. The monoisotopic (exact) mass is 332 g/mol. The molecule has 1 aromatic heterocycles. The Kier molecular flexibility index (Phi) is 4.75. The second-order valence-corrected chi connectivity index (χ2v) is 6.04. The van der Waals surface area contributed by atoms with Crippen molar-refractivity contribution in [3.63, 3.8) is 0 Å². The van der Waals surface area contributed by atoms with Gasteiger partial charge in [0.25, 0.3) is 5.91 Å². The summed E-state index contributed by atoms with van der Waals surface area (Å²) in [4.78, 5) is 12.2. The first-order valence-corrected chi connectivity index (χ1v) is 8.07. The van der Waals surface area contributed by atoms with Crippen LogP contribution in [0.25, 0.3) is 11.3 Å². The summed E-state index contributed by atoms with van der Waals surface area (Å²) in [5.41, 5.74) is 8.69. The normalized spacial score (nSPS) is 11.4. The molecule has 0 bridgehead atoms. The van der Waals surface area contributed by atoms with Crippen molar-refractivity contribution in [2.45, 2.75) is 20.8 Å². The summed E-state index contributed by atoms with van der Waals surface area (Å²) in [6.45, 7) is 5.92. The van der Waals surface area contributed by atoms with E-state index < -0.39 is 0 Å². The molecule has 0 unspecified atom stereocenters. The number of aromatic nitrogens is 2. The van der Waals surface area contributed by atoms with Crippen molar-refractivity contribution in [3.05, 3.63) is 77.0 Å². The van der Waals surface area contributed by atoms with Crippen LogP contribution >= 0.6 is 0 Å². The maximum atomic E-state index is 12.2. The van der Waals surface area contributed by atoms with Crippen LogP contribution in [0.5, 0.6) is 0 Å². The lowest BCUT2D eigenvalue weighted by molar-refractivity contribution is 0.0950. The first-order chi connectivity index (χ1) is 12.0. The van der Waals surface area contributed by atoms with Crippen molar-refractivity contribution >= 4 is 11.6 Å². The number of amides is 1. The highest BCUT2D eigenvalue weighted by atomic mass is 16.2. The number of aromatic amines is 1. The lowest BCUT2D eigenvalue weighted by Crippen LogP contribution is -2.19. The van der Waals surface area contributed by atoms with E-state index >= 15 is 0 Å². The van der Waals surface area contributed by atoms with E-state index in [9.17, 15) is 4.79 Å². The highest BCUT2D eigenvalue weighted by Crippen LogP contribution is 2.18. The quantitative estimate of drug-likeness (QED) is 0.563. The highest BCUT2D eigenvalue weighted by Gasteiger charge is 2.10. The van der Waals surface area contributed by atoms with Gasteiger partial charge in [-0.3, -0.25) is 9.89 Å². The molecule has 3 rings (SSSR count). The predicted molar refractivity (Wildman–Crippen MR) is 99.6 cm³/mol. The number of carbonyl (C=O) groups excluding carboxylic acids is 1. The smallest absolute Gasteiger partial charge is 0.272 e. The highest BCUT2D eigenvalue weighted by molar-refractivity contribution is 6.00. The molecule has 126 valence electrons. The molecule has 3 aromatic rings. The number of hydrogen-bond acceptors (Lipinski definition) is 3. The van der Waals surface area contributed by atoms with Crippen LogP contribution in [0.4, 0.5) is 0 Å². The Morgan fingerprint density at radius 1 is 1.00 bits per heavy atom.